The van der Waals surface area contributed by atoms with E-state index < -0.39 is 0 Å². The molecule has 80 valence electrons. The Morgan fingerprint density at radius 1 is 1.29 bits per heavy atom. The van der Waals surface area contributed by atoms with Gasteiger partial charge in [0.05, 0.1) is 0 Å². The van der Waals surface area contributed by atoms with Crippen LogP contribution in [0.1, 0.15) is 38.5 Å². The molecule has 0 aromatic rings. The van der Waals surface area contributed by atoms with E-state index in [4.69, 9.17) is 0 Å². The smallest absolute Gasteiger partial charge is 0.222 e. The molecule has 2 saturated heterocycles. The topological polar surface area (TPSA) is 32.3 Å². The number of carbonyl (C=O) groups excluding carboxylic acids is 1. The summed E-state index contributed by atoms with van der Waals surface area (Å²) in [7, 11) is 0. The van der Waals surface area contributed by atoms with Crippen LogP contribution in [0.2, 0.25) is 0 Å². The Bertz CT molecular complexity index is 193. The van der Waals surface area contributed by atoms with E-state index in [-0.39, 0.29) is 0 Å². The van der Waals surface area contributed by atoms with E-state index in [0.29, 0.717) is 11.9 Å². The SMILES string of the molecule is O=C(CC[C@@H]1CCCN1)N1CCCC1. The van der Waals surface area contributed by atoms with E-state index in [1.807, 2.05) is 4.90 Å². The normalized spacial score (nSPS) is 27.1. The lowest BCUT2D eigenvalue weighted by molar-refractivity contribution is -0.130. The Labute approximate surface area is 85.8 Å². The molecule has 1 atom stereocenters. The Hall–Kier alpha value is -0.570. The molecule has 14 heavy (non-hydrogen) atoms. The summed E-state index contributed by atoms with van der Waals surface area (Å²) in [5.41, 5.74) is 0. The quantitative estimate of drug-likeness (QED) is 0.734. The van der Waals surface area contributed by atoms with Crippen molar-refractivity contribution in [1.82, 2.24) is 10.2 Å². The molecule has 0 saturated carbocycles. The maximum Gasteiger partial charge on any atom is 0.222 e. The number of hydrogen-bond acceptors (Lipinski definition) is 2. The van der Waals surface area contributed by atoms with Gasteiger partial charge in [-0.1, -0.05) is 0 Å². The van der Waals surface area contributed by atoms with Gasteiger partial charge >= 0.3 is 0 Å². The first-order valence-corrected chi connectivity index (χ1v) is 5.87. The fourth-order valence-electron chi connectivity index (χ4n) is 2.43. The number of nitrogens with zero attached hydrogens (tertiary/aromatic N) is 1. The summed E-state index contributed by atoms with van der Waals surface area (Å²) in [4.78, 5) is 13.7. The van der Waals surface area contributed by atoms with Crippen molar-refractivity contribution in [3.8, 4) is 0 Å². The van der Waals surface area contributed by atoms with Gasteiger partial charge < -0.3 is 10.2 Å². The highest BCUT2D eigenvalue weighted by Crippen LogP contribution is 2.14. The molecule has 0 aromatic heterocycles. The lowest BCUT2D eigenvalue weighted by Gasteiger charge is -2.16. The minimum Gasteiger partial charge on any atom is -0.343 e. The molecule has 0 spiro atoms. The van der Waals surface area contributed by atoms with Crippen LogP contribution in [0.4, 0.5) is 0 Å². The first-order chi connectivity index (χ1) is 6.86. The molecular weight excluding hydrogens is 176 g/mol. The third kappa shape index (κ3) is 2.47. The van der Waals surface area contributed by atoms with Crippen molar-refractivity contribution in [2.75, 3.05) is 19.6 Å². The first-order valence-electron chi connectivity index (χ1n) is 5.87. The number of nitrogens with one attached hydrogen (secondary N) is 1. The average Bonchev–Trinajstić information content (AvgIpc) is 2.87. The summed E-state index contributed by atoms with van der Waals surface area (Å²) in [6, 6.07) is 0.613. The Kier molecular flexibility index (Phi) is 3.40. The van der Waals surface area contributed by atoms with Gasteiger partial charge in [-0.05, 0) is 38.6 Å². The van der Waals surface area contributed by atoms with E-state index in [1.54, 1.807) is 0 Å². The zero-order valence-corrected chi connectivity index (χ0v) is 8.80. The molecule has 0 aliphatic carbocycles. The van der Waals surface area contributed by atoms with E-state index >= 15 is 0 Å². The van der Waals surface area contributed by atoms with Crippen LogP contribution in [0.15, 0.2) is 0 Å². The van der Waals surface area contributed by atoms with Crippen LogP contribution in [0.25, 0.3) is 0 Å². The number of rotatable bonds is 3. The highest BCUT2D eigenvalue weighted by Gasteiger charge is 2.20. The maximum absolute atomic E-state index is 11.7. The Morgan fingerprint density at radius 2 is 2.07 bits per heavy atom. The second-order valence-electron chi connectivity index (χ2n) is 4.42. The molecule has 1 amide bonds. The van der Waals surface area contributed by atoms with Crippen molar-refractivity contribution in [3.63, 3.8) is 0 Å². The molecule has 2 rings (SSSR count). The third-order valence-corrected chi connectivity index (χ3v) is 3.33. The largest absolute Gasteiger partial charge is 0.343 e. The summed E-state index contributed by atoms with van der Waals surface area (Å²) >= 11 is 0. The number of likely N-dealkylation sites (tertiary alicyclic amines) is 1. The molecule has 0 radical (unpaired) electrons. The van der Waals surface area contributed by atoms with E-state index in [1.165, 1.54) is 25.7 Å². The minimum atomic E-state index is 0.371. The lowest BCUT2D eigenvalue weighted by Crippen LogP contribution is -2.30. The Morgan fingerprint density at radius 3 is 2.71 bits per heavy atom. The molecular formula is C11H20N2O. The van der Waals surface area contributed by atoms with Crippen LogP contribution in [0.3, 0.4) is 0 Å². The van der Waals surface area contributed by atoms with Crippen LogP contribution in [-0.2, 0) is 4.79 Å². The van der Waals surface area contributed by atoms with Gasteiger partial charge in [0, 0.05) is 25.6 Å². The number of hydrogen-bond donors (Lipinski definition) is 1. The lowest BCUT2D eigenvalue weighted by atomic mass is 10.1. The molecule has 3 heteroatoms. The highest BCUT2D eigenvalue weighted by atomic mass is 16.2. The molecule has 0 unspecified atom stereocenters. The van der Waals surface area contributed by atoms with Crippen LogP contribution >= 0.6 is 0 Å². The van der Waals surface area contributed by atoms with Crippen LogP contribution in [0.5, 0.6) is 0 Å². The second-order valence-corrected chi connectivity index (χ2v) is 4.42. The van der Waals surface area contributed by atoms with Crippen LogP contribution < -0.4 is 5.32 Å². The fourth-order valence-corrected chi connectivity index (χ4v) is 2.43. The zero-order valence-electron chi connectivity index (χ0n) is 8.80. The van der Waals surface area contributed by atoms with Gasteiger partial charge in [0.15, 0.2) is 0 Å². The third-order valence-electron chi connectivity index (χ3n) is 3.33. The van der Waals surface area contributed by atoms with Crippen LogP contribution in [-0.4, -0.2) is 36.5 Å². The molecule has 2 heterocycles. The standard InChI is InChI=1S/C11H20N2O/c14-11(13-8-1-2-9-13)6-5-10-4-3-7-12-10/h10,12H,1-9H2/t10-/m0/s1. The van der Waals surface area contributed by atoms with Gasteiger partial charge in [-0.25, -0.2) is 0 Å². The second kappa shape index (κ2) is 4.78. The average molecular weight is 196 g/mol. The van der Waals surface area contributed by atoms with Gasteiger partial charge in [0.25, 0.3) is 0 Å². The summed E-state index contributed by atoms with van der Waals surface area (Å²) in [6.07, 6.45) is 6.73. The number of amides is 1. The summed E-state index contributed by atoms with van der Waals surface area (Å²) in [5, 5.41) is 3.43. The predicted octanol–water partition coefficient (Wildman–Crippen LogP) is 1.14. The molecule has 2 fully saturated rings. The summed E-state index contributed by atoms with van der Waals surface area (Å²) < 4.78 is 0. The van der Waals surface area contributed by atoms with E-state index in [2.05, 4.69) is 5.32 Å². The maximum atomic E-state index is 11.7. The molecule has 0 bridgehead atoms. The molecule has 0 aromatic carbocycles. The monoisotopic (exact) mass is 196 g/mol. The van der Waals surface area contributed by atoms with Crippen molar-refractivity contribution >= 4 is 5.91 Å². The zero-order chi connectivity index (χ0) is 9.80. The van der Waals surface area contributed by atoms with Crippen molar-refractivity contribution in [1.29, 1.82) is 0 Å². The van der Waals surface area contributed by atoms with Crippen LogP contribution in [0, 0.1) is 0 Å². The van der Waals surface area contributed by atoms with E-state index in [9.17, 15) is 4.79 Å². The summed E-state index contributed by atoms with van der Waals surface area (Å²) in [5.74, 6) is 0.371. The van der Waals surface area contributed by atoms with Crippen molar-refractivity contribution in [3.05, 3.63) is 0 Å². The van der Waals surface area contributed by atoms with Gasteiger partial charge in [0.2, 0.25) is 5.91 Å². The minimum absolute atomic E-state index is 0.371. The van der Waals surface area contributed by atoms with Gasteiger partial charge in [-0.2, -0.15) is 0 Å². The highest BCUT2D eigenvalue weighted by molar-refractivity contribution is 5.76. The first kappa shape index (κ1) is 9.97. The number of carbonyl (C=O) groups is 1. The van der Waals surface area contributed by atoms with Gasteiger partial charge in [0.1, 0.15) is 0 Å². The molecule has 3 nitrogen and oxygen atoms in total. The van der Waals surface area contributed by atoms with Crippen molar-refractivity contribution < 1.29 is 4.79 Å². The van der Waals surface area contributed by atoms with Gasteiger partial charge in [-0.15, -0.1) is 0 Å². The van der Waals surface area contributed by atoms with E-state index in [0.717, 1.165) is 32.5 Å². The molecule has 2 aliphatic rings. The fraction of sp³-hybridized carbons (Fsp3) is 0.909. The molecule has 1 N–H and O–H groups in total. The predicted molar refractivity (Wildman–Crippen MR) is 56.1 cm³/mol. The summed E-state index contributed by atoms with van der Waals surface area (Å²) in [6.45, 7) is 3.14. The molecule has 2 aliphatic heterocycles. The van der Waals surface area contributed by atoms with Crippen molar-refractivity contribution in [2.24, 2.45) is 0 Å². The van der Waals surface area contributed by atoms with Gasteiger partial charge in [-0.3, -0.25) is 4.79 Å². The Balaban J connectivity index is 1.66. The van der Waals surface area contributed by atoms with Crippen molar-refractivity contribution in [2.45, 2.75) is 44.6 Å².